The Bertz CT molecular complexity index is 321. The van der Waals surface area contributed by atoms with E-state index in [1.54, 1.807) is 0 Å². The molecule has 3 fully saturated rings. The van der Waals surface area contributed by atoms with Crippen molar-refractivity contribution >= 4 is 5.97 Å². The third-order valence-electron chi connectivity index (χ3n) is 5.20. The van der Waals surface area contributed by atoms with Crippen LogP contribution in [-0.4, -0.2) is 29.8 Å². The average molecular weight is 271 g/mol. The number of aliphatic hydroxyl groups excluding tert-OH is 1. The van der Waals surface area contributed by atoms with E-state index in [9.17, 15) is 4.79 Å². The van der Waals surface area contributed by atoms with Gasteiger partial charge in [0.05, 0.1) is 11.5 Å². The zero-order chi connectivity index (χ0) is 13.3. The maximum absolute atomic E-state index is 11.8. The van der Waals surface area contributed by atoms with Crippen molar-refractivity contribution in [2.24, 2.45) is 23.5 Å². The van der Waals surface area contributed by atoms with Crippen molar-refractivity contribution < 1.29 is 14.6 Å². The van der Waals surface area contributed by atoms with Crippen LogP contribution < -0.4 is 5.73 Å². The highest BCUT2D eigenvalue weighted by molar-refractivity contribution is 5.77. The lowest BCUT2D eigenvalue weighted by Gasteiger charge is -2.45. The molecule has 3 N–H and O–H groups in total. The van der Waals surface area contributed by atoms with Crippen LogP contribution in [0, 0.1) is 17.8 Å². The second-order valence-electron chi connectivity index (χ2n) is 5.99. The lowest BCUT2D eigenvalue weighted by molar-refractivity contribution is -0.144. The second kappa shape index (κ2) is 6.23. The standard InChI is InChI=1S/C13H21NO2.CH4O.CH4/c1-8-13(14)7-10-5-3-2-4-9(10)6-11(13)12(15)16-8;1-2;/h8-11H,2-7,14H2,1H3;2H,1H3;1H4. The Kier molecular flexibility index (Phi) is 5.39. The minimum absolute atomic E-state index is 0. The summed E-state index contributed by atoms with van der Waals surface area (Å²) in [4.78, 5) is 11.8. The van der Waals surface area contributed by atoms with Crippen LogP contribution in [-0.2, 0) is 9.53 Å². The Hall–Kier alpha value is -0.610. The molecule has 0 aromatic rings. The number of ether oxygens (including phenoxy) is 1. The van der Waals surface area contributed by atoms with E-state index in [1.807, 2.05) is 6.92 Å². The minimum atomic E-state index is -0.365. The fourth-order valence-electron chi connectivity index (χ4n) is 4.11. The van der Waals surface area contributed by atoms with E-state index in [1.165, 1.54) is 25.7 Å². The van der Waals surface area contributed by atoms with E-state index in [4.69, 9.17) is 15.6 Å². The smallest absolute Gasteiger partial charge is 0.311 e. The lowest BCUT2D eigenvalue weighted by Crippen LogP contribution is -2.57. The number of aliphatic hydroxyl groups is 1. The van der Waals surface area contributed by atoms with Gasteiger partial charge in [0.1, 0.15) is 6.10 Å². The van der Waals surface area contributed by atoms with Crippen molar-refractivity contribution in [2.75, 3.05) is 7.11 Å². The van der Waals surface area contributed by atoms with Crippen LogP contribution in [0.3, 0.4) is 0 Å². The molecule has 3 aliphatic rings. The van der Waals surface area contributed by atoms with Crippen LogP contribution in [0.1, 0.15) is 52.9 Å². The monoisotopic (exact) mass is 271 g/mol. The zero-order valence-corrected chi connectivity index (χ0v) is 11.4. The summed E-state index contributed by atoms with van der Waals surface area (Å²) in [5, 5.41) is 7.00. The first-order valence-electron chi connectivity index (χ1n) is 7.05. The summed E-state index contributed by atoms with van der Waals surface area (Å²) in [6.07, 6.45) is 7.14. The molecule has 0 aromatic heterocycles. The van der Waals surface area contributed by atoms with Gasteiger partial charge in [-0.05, 0) is 31.6 Å². The highest BCUT2D eigenvalue weighted by atomic mass is 16.6. The SMILES string of the molecule is C.CC1OC(=O)C2CC3CCCCC3CC12N.CO. The van der Waals surface area contributed by atoms with Gasteiger partial charge in [-0.15, -0.1) is 0 Å². The molecule has 1 aliphatic heterocycles. The number of esters is 1. The van der Waals surface area contributed by atoms with Gasteiger partial charge in [0.2, 0.25) is 0 Å². The third-order valence-corrected chi connectivity index (χ3v) is 5.20. The van der Waals surface area contributed by atoms with E-state index in [0.717, 1.165) is 31.8 Å². The van der Waals surface area contributed by atoms with Gasteiger partial charge >= 0.3 is 5.97 Å². The molecule has 4 heteroatoms. The summed E-state index contributed by atoms with van der Waals surface area (Å²) < 4.78 is 5.35. The first kappa shape index (κ1) is 16.4. The third kappa shape index (κ3) is 2.65. The zero-order valence-electron chi connectivity index (χ0n) is 11.4. The molecule has 0 aromatic carbocycles. The summed E-state index contributed by atoms with van der Waals surface area (Å²) >= 11 is 0. The van der Waals surface area contributed by atoms with Gasteiger partial charge in [-0.25, -0.2) is 0 Å². The fraction of sp³-hybridized carbons (Fsp3) is 0.933. The van der Waals surface area contributed by atoms with Gasteiger partial charge in [-0.2, -0.15) is 0 Å². The van der Waals surface area contributed by atoms with Gasteiger partial charge in [0, 0.05) is 7.11 Å². The van der Waals surface area contributed by atoms with E-state index in [2.05, 4.69) is 0 Å². The second-order valence-corrected chi connectivity index (χ2v) is 5.99. The van der Waals surface area contributed by atoms with Crippen LogP contribution in [0.2, 0.25) is 0 Å². The number of hydrogen-bond acceptors (Lipinski definition) is 4. The predicted molar refractivity (Wildman–Crippen MR) is 75.5 cm³/mol. The van der Waals surface area contributed by atoms with Crippen molar-refractivity contribution in [1.82, 2.24) is 0 Å². The molecule has 0 amide bonds. The van der Waals surface area contributed by atoms with Crippen LogP contribution in [0.25, 0.3) is 0 Å². The molecule has 0 radical (unpaired) electrons. The van der Waals surface area contributed by atoms with Gasteiger partial charge in [0.15, 0.2) is 0 Å². The topological polar surface area (TPSA) is 72.5 Å². The number of hydrogen-bond donors (Lipinski definition) is 2. The fourth-order valence-corrected chi connectivity index (χ4v) is 4.11. The van der Waals surface area contributed by atoms with Gasteiger partial charge in [0.25, 0.3) is 0 Å². The quantitative estimate of drug-likeness (QED) is 0.662. The minimum Gasteiger partial charge on any atom is -0.460 e. The Morgan fingerprint density at radius 2 is 1.84 bits per heavy atom. The highest BCUT2D eigenvalue weighted by Crippen LogP contribution is 2.50. The van der Waals surface area contributed by atoms with Crippen LogP contribution in [0.4, 0.5) is 0 Å². The molecule has 2 saturated carbocycles. The summed E-state index contributed by atoms with van der Waals surface area (Å²) in [5.41, 5.74) is 6.09. The summed E-state index contributed by atoms with van der Waals surface area (Å²) in [6.45, 7) is 1.96. The van der Waals surface area contributed by atoms with Gasteiger partial charge in [-0.1, -0.05) is 33.1 Å². The number of nitrogens with two attached hydrogens (primary N) is 1. The van der Waals surface area contributed by atoms with Crippen molar-refractivity contribution in [3.8, 4) is 0 Å². The van der Waals surface area contributed by atoms with Gasteiger partial charge < -0.3 is 15.6 Å². The van der Waals surface area contributed by atoms with Crippen molar-refractivity contribution in [2.45, 2.75) is 64.5 Å². The molecule has 112 valence electrons. The number of fused-ring (bicyclic) bond motifs is 2. The van der Waals surface area contributed by atoms with E-state index >= 15 is 0 Å². The molecule has 0 spiro atoms. The van der Waals surface area contributed by atoms with E-state index in [0.29, 0.717) is 0 Å². The molecule has 5 unspecified atom stereocenters. The number of carbonyl (C=O) groups excluding carboxylic acids is 1. The number of cyclic esters (lactones) is 1. The Morgan fingerprint density at radius 3 is 2.47 bits per heavy atom. The lowest BCUT2D eigenvalue weighted by atomic mass is 9.60. The van der Waals surface area contributed by atoms with Crippen molar-refractivity contribution in [3.63, 3.8) is 0 Å². The largest absolute Gasteiger partial charge is 0.460 e. The Morgan fingerprint density at radius 1 is 1.26 bits per heavy atom. The molecule has 19 heavy (non-hydrogen) atoms. The molecule has 4 nitrogen and oxygen atoms in total. The van der Waals surface area contributed by atoms with E-state index < -0.39 is 0 Å². The summed E-state index contributed by atoms with van der Waals surface area (Å²) in [7, 11) is 1.00. The Balaban J connectivity index is 0.000000576. The molecule has 2 aliphatic carbocycles. The van der Waals surface area contributed by atoms with Crippen LogP contribution >= 0.6 is 0 Å². The van der Waals surface area contributed by atoms with Crippen molar-refractivity contribution in [1.29, 1.82) is 0 Å². The average Bonchev–Trinajstić information content (AvgIpc) is 2.60. The summed E-state index contributed by atoms with van der Waals surface area (Å²) in [6, 6.07) is 0. The maximum atomic E-state index is 11.8. The molecule has 5 atom stereocenters. The number of carbonyl (C=O) groups is 1. The molecule has 1 heterocycles. The highest BCUT2D eigenvalue weighted by Gasteiger charge is 2.57. The van der Waals surface area contributed by atoms with Crippen molar-refractivity contribution in [3.05, 3.63) is 0 Å². The molecule has 0 bridgehead atoms. The van der Waals surface area contributed by atoms with Crippen LogP contribution in [0.15, 0.2) is 0 Å². The predicted octanol–water partition coefficient (Wildman–Crippen LogP) is 2.09. The molecule has 1 saturated heterocycles. The molecule has 3 rings (SSSR count). The normalized spacial score (nSPS) is 43.9. The first-order chi connectivity index (χ1) is 8.61. The maximum Gasteiger partial charge on any atom is 0.311 e. The van der Waals surface area contributed by atoms with E-state index in [-0.39, 0.29) is 31.0 Å². The van der Waals surface area contributed by atoms with Crippen LogP contribution in [0.5, 0.6) is 0 Å². The number of rotatable bonds is 0. The molecular weight excluding hydrogens is 242 g/mol. The first-order valence-corrected chi connectivity index (χ1v) is 7.05. The Labute approximate surface area is 116 Å². The van der Waals surface area contributed by atoms with Gasteiger partial charge in [-0.3, -0.25) is 4.79 Å². The molecular formula is C15H29NO3. The summed E-state index contributed by atoms with van der Waals surface area (Å²) in [5.74, 6) is 1.40.